The molecular formula is C15H23N3OS. The minimum atomic E-state index is -0.0214. The number of benzene rings is 1. The van der Waals surface area contributed by atoms with E-state index in [-0.39, 0.29) is 16.8 Å². The van der Waals surface area contributed by atoms with E-state index in [9.17, 15) is 4.79 Å². The van der Waals surface area contributed by atoms with Gasteiger partial charge >= 0.3 is 6.03 Å². The Morgan fingerprint density at radius 1 is 1.40 bits per heavy atom. The second-order valence-corrected chi connectivity index (χ2v) is 7.67. The highest BCUT2D eigenvalue weighted by Crippen LogP contribution is 2.29. The molecule has 0 saturated carbocycles. The Morgan fingerprint density at radius 3 is 2.60 bits per heavy atom. The Bertz CT molecular complexity index is 471. The van der Waals surface area contributed by atoms with Gasteiger partial charge in [0.1, 0.15) is 0 Å². The summed E-state index contributed by atoms with van der Waals surface area (Å²) < 4.78 is 0.133. The number of hydrogen-bond donors (Lipinski definition) is 2. The number of urea groups is 1. The van der Waals surface area contributed by atoms with Crippen LogP contribution in [0.25, 0.3) is 0 Å². The predicted octanol–water partition coefficient (Wildman–Crippen LogP) is 3.07. The summed E-state index contributed by atoms with van der Waals surface area (Å²) >= 11 is 1.92. The van der Waals surface area contributed by atoms with Gasteiger partial charge in [-0.25, -0.2) is 4.79 Å². The van der Waals surface area contributed by atoms with Crippen LogP contribution in [0.15, 0.2) is 24.3 Å². The summed E-state index contributed by atoms with van der Waals surface area (Å²) in [7, 11) is 0. The number of nitrogens with two attached hydrogens (primary N) is 1. The summed E-state index contributed by atoms with van der Waals surface area (Å²) in [5.41, 5.74) is 7.70. The molecule has 0 radical (unpaired) electrons. The number of amides is 2. The minimum absolute atomic E-state index is 0.0136. The highest BCUT2D eigenvalue weighted by molar-refractivity contribution is 8.00. The van der Waals surface area contributed by atoms with Crippen molar-refractivity contribution in [2.75, 3.05) is 24.2 Å². The molecule has 3 N–H and O–H groups in total. The highest BCUT2D eigenvalue weighted by Gasteiger charge is 2.29. The second-order valence-electron chi connectivity index (χ2n) is 5.87. The van der Waals surface area contributed by atoms with Crippen molar-refractivity contribution in [2.45, 2.75) is 31.6 Å². The van der Waals surface area contributed by atoms with E-state index in [1.807, 2.05) is 47.9 Å². The monoisotopic (exact) mass is 293 g/mol. The zero-order valence-corrected chi connectivity index (χ0v) is 13.2. The Hall–Kier alpha value is -1.20. The summed E-state index contributed by atoms with van der Waals surface area (Å²) in [6, 6.07) is 7.71. The lowest BCUT2D eigenvalue weighted by Crippen LogP contribution is -2.47. The summed E-state index contributed by atoms with van der Waals surface area (Å²) in [5.74, 6) is 0.990. The molecule has 0 spiro atoms. The van der Waals surface area contributed by atoms with E-state index in [2.05, 4.69) is 19.2 Å². The number of hydrogen-bond acceptors (Lipinski definition) is 3. The third-order valence-corrected chi connectivity index (χ3v) is 4.70. The van der Waals surface area contributed by atoms with Crippen molar-refractivity contribution < 1.29 is 4.79 Å². The van der Waals surface area contributed by atoms with Crippen molar-refractivity contribution in [3.05, 3.63) is 29.8 Å². The molecule has 110 valence electrons. The van der Waals surface area contributed by atoms with Gasteiger partial charge in [-0.05, 0) is 38.5 Å². The number of carbonyl (C=O) groups is 1. The van der Waals surface area contributed by atoms with Crippen molar-refractivity contribution in [1.29, 1.82) is 0 Å². The third kappa shape index (κ3) is 3.90. The van der Waals surface area contributed by atoms with Crippen molar-refractivity contribution >= 4 is 23.5 Å². The number of nitrogens with zero attached hydrogens (tertiary/aromatic N) is 1. The fraction of sp³-hybridized carbons (Fsp3) is 0.533. The zero-order chi connectivity index (χ0) is 14.8. The normalized spacial score (nSPS) is 19.5. The molecule has 5 heteroatoms. The third-order valence-electron chi connectivity index (χ3n) is 3.40. The molecule has 1 atom stereocenters. The molecule has 1 fully saturated rings. The van der Waals surface area contributed by atoms with Gasteiger partial charge < -0.3 is 16.0 Å². The van der Waals surface area contributed by atoms with Gasteiger partial charge in [-0.2, -0.15) is 11.8 Å². The van der Waals surface area contributed by atoms with Gasteiger partial charge in [0.05, 0.1) is 0 Å². The molecule has 0 aromatic heterocycles. The maximum atomic E-state index is 12.3. The van der Waals surface area contributed by atoms with Crippen LogP contribution in [0.1, 0.15) is 32.4 Å². The van der Waals surface area contributed by atoms with E-state index < -0.39 is 0 Å². The van der Waals surface area contributed by atoms with Gasteiger partial charge in [-0.15, -0.1) is 0 Å². The molecule has 2 amide bonds. The molecule has 4 nitrogen and oxygen atoms in total. The van der Waals surface area contributed by atoms with E-state index in [1.54, 1.807) is 0 Å². The smallest absolute Gasteiger partial charge is 0.321 e. The van der Waals surface area contributed by atoms with Crippen LogP contribution in [0.2, 0.25) is 0 Å². The van der Waals surface area contributed by atoms with Gasteiger partial charge in [0.2, 0.25) is 0 Å². The van der Waals surface area contributed by atoms with Crippen LogP contribution in [-0.4, -0.2) is 34.5 Å². The molecule has 1 heterocycles. The van der Waals surface area contributed by atoms with Crippen molar-refractivity contribution in [2.24, 2.45) is 5.73 Å². The number of thioether (sulfide) groups is 1. The van der Waals surface area contributed by atoms with Gasteiger partial charge in [-0.3, -0.25) is 0 Å². The zero-order valence-electron chi connectivity index (χ0n) is 12.3. The molecule has 1 aliphatic rings. The van der Waals surface area contributed by atoms with Crippen LogP contribution in [0.4, 0.5) is 10.5 Å². The van der Waals surface area contributed by atoms with Crippen LogP contribution < -0.4 is 11.1 Å². The van der Waals surface area contributed by atoms with Crippen LogP contribution in [-0.2, 0) is 0 Å². The number of nitrogens with one attached hydrogen (secondary N) is 1. The molecule has 1 unspecified atom stereocenters. The molecule has 0 bridgehead atoms. The summed E-state index contributed by atoms with van der Waals surface area (Å²) in [6.07, 6.45) is 0. The average molecular weight is 293 g/mol. The molecule has 1 aromatic carbocycles. The molecule has 20 heavy (non-hydrogen) atoms. The van der Waals surface area contributed by atoms with Crippen LogP contribution in [0, 0.1) is 0 Å². The first-order chi connectivity index (χ1) is 9.37. The van der Waals surface area contributed by atoms with Gasteiger partial charge in [0, 0.05) is 35.3 Å². The van der Waals surface area contributed by atoms with Crippen LogP contribution in [0.3, 0.4) is 0 Å². The average Bonchev–Trinajstić information content (AvgIpc) is 2.38. The maximum Gasteiger partial charge on any atom is 0.321 e. The lowest BCUT2D eigenvalue weighted by atomic mass is 10.1. The van der Waals surface area contributed by atoms with E-state index in [0.29, 0.717) is 0 Å². The standard InChI is InChI=1S/C15H23N3OS/c1-11(16)12-4-6-13(7-5-12)17-14(19)18-8-9-20-15(2,3)10-18/h4-7,11H,8-10,16H2,1-3H3,(H,17,19). The summed E-state index contributed by atoms with van der Waals surface area (Å²) in [4.78, 5) is 14.1. The van der Waals surface area contributed by atoms with Crippen LogP contribution >= 0.6 is 11.8 Å². The predicted molar refractivity (Wildman–Crippen MR) is 86.2 cm³/mol. The van der Waals surface area contributed by atoms with Gasteiger partial charge in [0.15, 0.2) is 0 Å². The van der Waals surface area contributed by atoms with E-state index in [1.165, 1.54) is 0 Å². The first-order valence-electron chi connectivity index (χ1n) is 6.93. The maximum absolute atomic E-state index is 12.3. The van der Waals surface area contributed by atoms with E-state index in [0.717, 1.165) is 30.1 Å². The Balaban J connectivity index is 1.97. The van der Waals surface area contributed by atoms with Gasteiger partial charge in [-0.1, -0.05) is 12.1 Å². The Kier molecular flexibility index (Phi) is 4.60. The Morgan fingerprint density at radius 2 is 2.05 bits per heavy atom. The molecule has 1 aromatic rings. The lowest BCUT2D eigenvalue weighted by molar-refractivity contribution is 0.208. The van der Waals surface area contributed by atoms with Crippen molar-refractivity contribution in [1.82, 2.24) is 4.90 Å². The second kappa shape index (κ2) is 6.06. The summed E-state index contributed by atoms with van der Waals surface area (Å²) in [6.45, 7) is 7.88. The van der Waals surface area contributed by atoms with Crippen molar-refractivity contribution in [3.63, 3.8) is 0 Å². The fourth-order valence-electron chi connectivity index (χ4n) is 2.26. The van der Waals surface area contributed by atoms with E-state index >= 15 is 0 Å². The van der Waals surface area contributed by atoms with E-state index in [4.69, 9.17) is 5.73 Å². The highest BCUT2D eigenvalue weighted by atomic mass is 32.2. The van der Waals surface area contributed by atoms with Gasteiger partial charge in [0.25, 0.3) is 0 Å². The molecule has 0 aliphatic carbocycles. The van der Waals surface area contributed by atoms with Crippen molar-refractivity contribution in [3.8, 4) is 0 Å². The quantitative estimate of drug-likeness (QED) is 0.881. The topological polar surface area (TPSA) is 58.4 Å². The number of anilines is 1. The number of carbonyl (C=O) groups excluding carboxylic acids is 1. The lowest BCUT2D eigenvalue weighted by Gasteiger charge is -2.37. The number of rotatable bonds is 2. The first kappa shape index (κ1) is 15.2. The summed E-state index contributed by atoms with van der Waals surface area (Å²) in [5, 5.41) is 2.95. The largest absolute Gasteiger partial charge is 0.324 e. The molecule has 1 saturated heterocycles. The first-order valence-corrected chi connectivity index (χ1v) is 7.91. The molecule has 2 rings (SSSR count). The van der Waals surface area contributed by atoms with Crippen LogP contribution in [0.5, 0.6) is 0 Å². The molecule has 1 aliphatic heterocycles. The molecular weight excluding hydrogens is 270 g/mol. The SMILES string of the molecule is CC(N)c1ccc(NC(=O)N2CCSC(C)(C)C2)cc1. The Labute approximate surface area is 125 Å². The minimum Gasteiger partial charge on any atom is -0.324 e. The fourth-order valence-corrected chi connectivity index (χ4v) is 3.37.